The fourth-order valence-electron chi connectivity index (χ4n) is 2.25. The van der Waals surface area contributed by atoms with Crippen LogP contribution in [0.3, 0.4) is 0 Å². The number of carbonyl (C=O) groups is 1. The second kappa shape index (κ2) is 10.1. The Balaban J connectivity index is 2.46. The maximum Gasteiger partial charge on any atom is 0.223 e. The van der Waals surface area contributed by atoms with Gasteiger partial charge in [0, 0.05) is 19.1 Å². The number of carbonyl (C=O) groups excluding carboxylic acids is 1. The van der Waals surface area contributed by atoms with Gasteiger partial charge in [-0.3, -0.25) is 4.79 Å². The number of unbranched alkanes of at least 4 members (excludes halogenated alkanes) is 2. The zero-order valence-electron chi connectivity index (χ0n) is 13.7. The Bertz CT molecular complexity index is 462. The normalized spacial score (nSPS) is 11.8. The molecule has 1 atom stereocenters. The summed E-state index contributed by atoms with van der Waals surface area (Å²) in [6, 6.07) is 5.71. The Morgan fingerprint density at radius 2 is 1.91 bits per heavy atom. The molecule has 0 aromatic heterocycles. The minimum atomic E-state index is -0.101. The van der Waals surface area contributed by atoms with Crippen LogP contribution in [0.15, 0.2) is 18.2 Å². The lowest BCUT2D eigenvalue weighted by Crippen LogP contribution is -2.31. The molecule has 0 radical (unpaired) electrons. The maximum atomic E-state index is 12.0. The highest BCUT2D eigenvalue weighted by Gasteiger charge is 2.14. The van der Waals surface area contributed by atoms with Crippen LogP contribution in [0.2, 0.25) is 0 Å². The van der Waals surface area contributed by atoms with E-state index in [2.05, 4.69) is 5.32 Å². The van der Waals surface area contributed by atoms with Gasteiger partial charge in [-0.25, -0.2) is 0 Å². The van der Waals surface area contributed by atoms with Crippen LogP contribution in [-0.2, 0) is 11.2 Å². The summed E-state index contributed by atoms with van der Waals surface area (Å²) in [4.78, 5) is 12.0. The Morgan fingerprint density at radius 3 is 2.55 bits per heavy atom. The largest absolute Gasteiger partial charge is 0.493 e. The molecule has 5 nitrogen and oxygen atoms in total. The van der Waals surface area contributed by atoms with Crippen LogP contribution in [0, 0.1) is 5.92 Å². The van der Waals surface area contributed by atoms with E-state index in [1.165, 1.54) is 0 Å². The van der Waals surface area contributed by atoms with Crippen molar-refractivity contribution in [1.82, 2.24) is 5.32 Å². The van der Waals surface area contributed by atoms with Crippen molar-refractivity contribution in [2.75, 3.05) is 27.4 Å². The van der Waals surface area contributed by atoms with E-state index in [-0.39, 0.29) is 18.4 Å². The molecule has 0 spiro atoms. The molecule has 0 saturated carbocycles. The van der Waals surface area contributed by atoms with Gasteiger partial charge in [-0.15, -0.1) is 0 Å². The number of methoxy groups -OCH3 is 2. The first-order chi connectivity index (χ1) is 10.6. The van der Waals surface area contributed by atoms with Gasteiger partial charge in [0.1, 0.15) is 0 Å². The number of nitrogens with one attached hydrogen (secondary N) is 1. The standard InChI is InChI=1S/C17H27NO4/c1-13(17(20)18-9-5-4-6-10-19)11-14-7-8-15(21-2)16(12-14)22-3/h7-8,12-13,19H,4-6,9-11H2,1-3H3,(H,18,20). The van der Waals surface area contributed by atoms with Crippen molar-refractivity contribution >= 4 is 5.91 Å². The molecule has 0 heterocycles. The zero-order chi connectivity index (χ0) is 16.4. The first-order valence-corrected chi connectivity index (χ1v) is 7.71. The molecule has 1 unspecified atom stereocenters. The number of rotatable bonds is 10. The quantitative estimate of drug-likeness (QED) is 0.650. The van der Waals surface area contributed by atoms with Crippen LogP contribution < -0.4 is 14.8 Å². The van der Waals surface area contributed by atoms with Gasteiger partial charge in [0.25, 0.3) is 0 Å². The highest BCUT2D eigenvalue weighted by atomic mass is 16.5. The molecule has 124 valence electrons. The predicted octanol–water partition coefficient (Wildman–Crippen LogP) is 2.16. The summed E-state index contributed by atoms with van der Waals surface area (Å²) >= 11 is 0. The van der Waals surface area contributed by atoms with Gasteiger partial charge in [0.15, 0.2) is 11.5 Å². The molecule has 0 saturated heterocycles. The number of hydrogen-bond acceptors (Lipinski definition) is 4. The molecule has 0 aliphatic rings. The van der Waals surface area contributed by atoms with E-state index in [0.29, 0.717) is 24.5 Å². The minimum Gasteiger partial charge on any atom is -0.493 e. The first kappa shape index (κ1) is 18.3. The van der Waals surface area contributed by atoms with Gasteiger partial charge in [0.05, 0.1) is 14.2 Å². The lowest BCUT2D eigenvalue weighted by Gasteiger charge is -2.14. The molecule has 22 heavy (non-hydrogen) atoms. The monoisotopic (exact) mass is 309 g/mol. The summed E-state index contributed by atoms with van der Waals surface area (Å²) in [7, 11) is 3.20. The molecule has 1 aromatic carbocycles. The van der Waals surface area contributed by atoms with Crippen molar-refractivity contribution in [3.05, 3.63) is 23.8 Å². The second-order valence-corrected chi connectivity index (χ2v) is 5.37. The van der Waals surface area contributed by atoms with Crippen LogP contribution in [-0.4, -0.2) is 38.4 Å². The molecule has 1 rings (SSSR count). The van der Waals surface area contributed by atoms with Crippen LogP contribution in [0.1, 0.15) is 31.7 Å². The van der Waals surface area contributed by atoms with Crippen LogP contribution in [0.25, 0.3) is 0 Å². The smallest absolute Gasteiger partial charge is 0.223 e. The van der Waals surface area contributed by atoms with Crippen LogP contribution in [0.4, 0.5) is 0 Å². The van der Waals surface area contributed by atoms with Crippen molar-refractivity contribution in [2.45, 2.75) is 32.6 Å². The highest BCUT2D eigenvalue weighted by molar-refractivity contribution is 5.78. The molecule has 1 aromatic rings. The Morgan fingerprint density at radius 1 is 1.18 bits per heavy atom. The summed E-state index contributed by atoms with van der Waals surface area (Å²) in [5.74, 6) is 1.32. The van der Waals surface area contributed by atoms with Crippen molar-refractivity contribution in [3.8, 4) is 11.5 Å². The summed E-state index contributed by atoms with van der Waals surface area (Å²) in [6.45, 7) is 2.79. The van der Waals surface area contributed by atoms with Gasteiger partial charge in [-0.1, -0.05) is 13.0 Å². The lowest BCUT2D eigenvalue weighted by atomic mass is 10.00. The van der Waals surface area contributed by atoms with Crippen molar-refractivity contribution in [2.24, 2.45) is 5.92 Å². The molecule has 1 amide bonds. The molecule has 0 fully saturated rings. The number of ether oxygens (including phenoxy) is 2. The topological polar surface area (TPSA) is 67.8 Å². The zero-order valence-corrected chi connectivity index (χ0v) is 13.7. The average Bonchev–Trinajstić information content (AvgIpc) is 2.54. The van der Waals surface area contributed by atoms with Crippen molar-refractivity contribution in [1.29, 1.82) is 0 Å². The van der Waals surface area contributed by atoms with E-state index < -0.39 is 0 Å². The molecule has 0 bridgehead atoms. The van der Waals surface area contributed by atoms with E-state index >= 15 is 0 Å². The number of aliphatic hydroxyl groups excluding tert-OH is 1. The summed E-state index contributed by atoms with van der Waals surface area (Å²) in [5, 5.41) is 11.6. The molecular weight excluding hydrogens is 282 g/mol. The molecule has 0 aliphatic heterocycles. The minimum absolute atomic E-state index is 0.0544. The van der Waals surface area contributed by atoms with E-state index in [0.717, 1.165) is 24.8 Å². The highest BCUT2D eigenvalue weighted by Crippen LogP contribution is 2.28. The summed E-state index contributed by atoms with van der Waals surface area (Å²) in [5.41, 5.74) is 1.04. The lowest BCUT2D eigenvalue weighted by molar-refractivity contribution is -0.124. The second-order valence-electron chi connectivity index (χ2n) is 5.37. The molecule has 5 heteroatoms. The van der Waals surface area contributed by atoms with Gasteiger partial charge < -0.3 is 19.9 Å². The Hall–Kier alpha value is -1.75. The summed E-state index contributed by atoms with van der Waals surface area (Å²) in [6.07, 6.45) is 3.27. The SMILES string of the molecule is COc1ccc(CC(C)C(=O)NCCCCCO)cc1OC. The van der Waals surface area contributed by atoms with E-state index in [1.54, 1.807) is 14.2 Å². The van der Waals surface area contributed by atoms with Crippen molar-refractivity contribution in [3.63, 3.8) is 0 Å². The van der Waals surface area contributed by atoms with Crippen LogP contribution in [0.5, 0.6) is 11.5 Å². The maximum absolute atomic E-state index is 12.0. The Labute approximate surface area is 132 Å². The third-order valence-corrected chi connectivity index (χ3v) is 3.57. The molecule has 0 aliphatic carbocycles. The average molecular weight is 309 g/mol. The van der Waals surface area contributed by atoms with Crippen molar-refractivity contribution < 1.29 is 19.4 Å². The Kier molecular flexibility index (Phi) is 8.36. The van der Waals surface area contributed by atoms with Gasteiger partial charge in [-0.2, -0.15) is 0 Å². The number of amides is 1. The van der Waals surface area contributed by atoms with E-state index in [9.17, 15) is 4.79 Å². The first-order valence-electron chi connectivity index (χ1n) is 7.71. The number of hydrogen-bond donors (Lipinski definition) is 2. The fraction of sp³-hybridized carbons (Fsp3) is 0.588. The molecular formula is C17H27NO4. The third kappa shape index (κ3) is 5.93. The fourth-order valence-corrected chi connectivity index (χ4v) is 2.25. The number of benzene rings is 1. The third-order valence-electron chi connectivity index (χ3n) is 3.57. The van der Waals surface area contributed by atoms with Crippen LogP contribution >= 0.6 is 0 Å². The molecule has 2 N–H and O–H groups in total. The van der Waals surface area contributed by atoms with Gasteiger partial charge in [0.2, 0.25) is 5.91 Å². The van der Waals surface area contributed by atoms with Gasteiger partial charge >= 0.3 is 0 Å². The van der Waals surface area contributed by atoms with E-state index in [4.69, 9.17) is 14.6 Å². The number of aliphatic hydroxyl groups is 1. The van der Waals surface area contributed by atoms with Gasteiger partial charge in [-0.05, 0) is 43.4 Å². The van der Waals surface area contributed by atoms with E-state index in [1.807, 2.05) is 25.1 Å². The predicted molar refractivity (Wildman–Crippen MR) is 86.4 cm³/mol. The summed E-state index contributed by atoms with van der Waals surface area (Å²) < 4.78 is 10.5.